The van der Waals surface area contributed by atoms with E-state index < -0.39 is 0 Å². The maximum Gasteiger partial charge on any atom is 0.194 e. The number of hydrogen-bond donors (Lipinski definition) is 1. The summed E-state index contributed by atoms with van der Waals surface area (Å²) < 4.78 is 5.82. The molecule has 19 heavy (non-hydrogen) atoms. The minimum Gasteiger partial charge on any atom is -0.446 e. The van der Waals surface area contributed by atoms with Gasteiger partial charge in [0.2, 0.25) is 0 Å². The Morgan fingerprint density at radius 3 is 2.68 bits per heavy atom. The Hall–Kier alpha value is -0.830. The molecule has 0 aliphatic rings. The molecule has 1 rings (SSSR count). The lowest BCUT2D eigenvalue weighted by molar-refractivity contribution is 0.246. The first kappa shape index (κ1) is 16.2. The molecule has 0 spiro atoms. The highest BCUT2D eigenvalue weighted by Crippen LogP contribution is 2.28. The van der Waals surface area contributed by atoms with E-state index in [1.807, 2.05) is 6.20 Å². The van der Waals surface area contributed by atoms with E-state index in [-0.39, 0.29) is 0 Å². The van der Waals surface area contributed by atoms with Gasteiger partial charge in [-0.1, -0.05) is 34.6 Å². The third-order valence-corrected chi connectivity index (χ3v) is 3.76. The summed E-state index contributed by atoms with van der Waals surface area (Å²) in [5.74, 6) is 2.51. The van der Waals surface area contributed by atoms with Crippen LogP contribution in [0.1, 0.15) is 59.1 Å². The highest BCUT2D eigenvalue weighted by atomic mass is 16.4. The summed E-state index contributed by atoms with van der Waals surface area (Å²) in [6.07, 6.45) is 6.09. The lowest BCUT2D eigenvalue weighted by Crippen LogP contribution is -2.19. The van der Waals surface area contributed by atoms with Crippen LogP contribution in [-0.4, -0.2) is 18.1 Å². The number of aromatic nitrogens is 1. The maximum absolute atomic E-state index is 5.82. The zero-order valence-electron chi connectivity index (χ0n) is 13.3. The topological polar surface area (TPSA) is 38.1 Å². The summed E-state index contributed by atoms with van der Waals surface area (Å²) in [5, 5.41) is 3.39. The van der Waals surface area contributed by atoms with Crippen molar-refractivity contribution in [3.05, 3.63) is 17.8 Å². The van der Waals surface area contributed by atoms with Crippen molar-refractivity contribution in [1.82, 2.24) is 10.3 Å². The lowest BCUT2D eigenvalue weighted by Gasteiger charge is -2.26. The van der Waals surface area contributed by atoms with Gasteiger partial charge in [0.25, 0.3) is 0 Å². The first-order valence-corrected chi connectivity index (χ1v) is 7.57. The van der Waals surface area contributed by atoms with Crippen LogP contribution in [0, 0.1) is 11.3 Å². The number of nitrogens with zero attached hydrogens (tertiary/aromatic N) is 1. The monoisotopic (exact) mass is 266 g/mol. The van der Waals surface area contributed by atoms with E-state index in [9.17, 15) is 0 Å². The highest BCUT2D eigenvalue weighted by molar-refractivity contribution is 4.97. The molecule has 0 amide bonds. The van der Waals surface area contributed by atoms with Crippen LogP contribution in [0.15, 0.2) is 10.6 Å². The molecule has 1 aromatic heterocycles. The third-order valence-electron chi connectivity index (χ3n) is 3.76. The first-order chi connectivity index (χ1) is 8.93. The van der Waals surface area contributed by atoms with Gasteiger partial charge in [-0.2, -0.15) is 0 Å². The Kier molecular flexibility index (Phi) is 6.56. The van der Waals surface area contributed by atoms with E-state index in [1.165, 1.54) is 6.42 Å². The predicted octanol–water partition coefficient (Wildman–Crippen LogP) is 3.83. The van der Waals surface area contributed by atoms with Gasteiger partial charge in [0.1, 0.15) is 5.76 Å². The molecule has 0 fully saturated rings. The fourth-order valence-electron chi connectivity index (χ4n) is 1.83. The molecule has 3 heteroatoms. The van der Waals surface area contributed by atoms with E-state index >= 15 is 0 Å². The molecule has 1 aromatic rings. The molecule has 1 atom stereocenters. The number of nitrogens with one attached hydrogen (secondary N) is 1. The van der Waals surface area contributed by atoms with Crippen molar-refractivity contribution < 1.29 is 4.42 Å². The van der Waals surface area contributed by atoms with Gasteiger partial charge in [0.15, 0.2) is 5.89 Å². The first-order valence-electron chi connectivity index (χ1n) is 7.57. The number of aryl methyl sites for hydroxylation is 1. The molecule has 110 valence electrons. The smallest absolute Gasteiger partial charge is 0.194 e. The minimum atomic E-state index is 0.316. The van der Waals surface area contributed by atoms with Crippen LogP contribution < -0.4 is 5.32 Å². The summed E-state index contributed by atoms with van der Waals surface area (Å²) >= 11 is 0. The van der Waals surface area contributed by atoms with Gasteiger partial charge < -0.3 is 9.73 Å². The Labute approximate surface area is 118 Å². The van der Waals surface area contributed by atoms with E-state index in [1.54, 1.807) is 0 Å². The van der Waals surface area contributed by atoms with Crippen molar-refractivity contribution in [2.24, 2.45) is 11.3 Å². The van der Waals surface area contributed by atoms with Gasteiger partial charge in [-0.3, -0.25) is 0 Å². The molecule has 1 unspecified atom stereocenters. The second-order valence-corrected chi connectivity index (χ2v) is 6.55. The number of oxazole rings is 1. The Morgan fingerprint density at radius 1 is 1.32 bits per heavy atom. The summed E-state index contributed by atoms with van der Waals surface area (Å²) in [5.41, 5.74) is 0.316. The van der Waals surface area contributed by atoms with E-state index in [0.29, 0.717) is 11.3 Å². The molecule has 0 saturated carbocycles. The van der Waals surface area contributed by atoms with Gasteiger partial charge in [0, 0.05) is 12.8 Å². The average molecular weight is 266 g/mol. The summed E-state index contributed by atoms with van der Waals surface area (Å²) in [4.78, 5) is 4.37. The molecule has 0 bridgehead atoms. The van der Waals surface area contributed by atoms with Crippen molar-refractivity contribution in [3.63, 3.8) is 0 Å². The number of rotatable bonds is 8. The minimum absolute atomic E-state index is 0.316. The van der Waals surface area contributed by atoms with Crippen LogP contribution >= 0.6 is 0 Å². The number of hydrogen-bond acceptors (Lipinski definition) is 3. The van der Waals surface area contributed by atoms with Gasteiger partial charge >= 0.3 is 0 Å². The molecule has 0 aromatic carbocycles. The third kappa shape index (κ3) is 6.24. The zero-order valence-corrected chi connectivity index (χ0v) is 13.3. The van der Waals surface area contributed by atoms with Crippen molar-refractivity contribution in [2.75, 3.05) is 13.1 Å². The molecule has 0 radical (unpaired) electrons. The van der Waals surface area contributed by atoms with Crippen molar-refractivity contribution in [1.29, 1.82) is 0 Å². The quantitative estimate of drug-likeness (QED) is 0.727. The van der Waals surface area contributed by atoms with Gasteiger partial charge in [0.05, 0.1) is 6.20 Å². The molecule has 0 aliphatic heterocycles. The highest BCUT2D eigenvalue weighted by Gasteiger charge is 2.21. The maximum atomic E-state index is 5.82. The van der Waals surface area contributed by atoms with Crippen LogP contribution in [-0.2, 0) is 12.8 Å². The Bertz CT molecular complexity index is 352. The molecule has 1 heterocycles. The van der Waals surface area contributed by atoms with Gasteiger partial charge in [-0.25, -0.2) is 4.98 Å². The molecular formula is C16H30N2O. The van der Waals surface area contributed by atoms with Crippen molar-refractivity contribution >= 4 is 0 Å². The van der Waals surface area contributed by atoms with Crippen LogP contribution in [0.4, 0.5) is 0 Å². The summed E-state index contributed by atoms with van der Waals surface area (Å²) in [7, 11) is 0. The molecular weight excluding hydrogens is 236 g/mol. The largest absolute Gasteiger partial charge is 0.446 e. The standard InChI is InChI=1S/C16H30N2O/c1-6-9-17-10-7-8-15-18-12-14(19-15)11-13(2)16(3,4)5/h12-13,17H,6-11H2,1-5H3. The van der Waals surface area contributed by atoms with Gasteiger partial charge in [-0.05, 0) is 37.3 Å². The van der Waals surface area contributed by atoms with Crippen molar-refractivity contribution in [2.45, 2.75) is 60.3 Å². The second-order valence-electron chi connectivity index (χ2n) is 6.55. The molecule has 0 saturated heterocycles. The van der Waals surface area contributed by atoms with E-state index in [0.717, 1.165) is 44.0 Å². The predicted molar refractivity (Wildman–Crippen MR) is 80.3 cm³/mol. The van der Waals surface area contributed by atoms with Crippen molar-refractivity contribution in [3.8, 4) is 0 Å². The lowest BCUT2D eigenvalue weighted by atomic mass is 9.80. The SMILES string of the molecule is CCCNCCCc1ncc(CC(C)C(C)(C)C)o1. The van der Waals surface area contributed by atoms with E-state index in [2.05, 4.69) is 44.9 Å². The fraction of sp³-hybridized carbons (Fsp3) is 0.812. The van der Waals surface area contributed by atoms with Crippen LogP contribution in [0.2, 0.25) is 0 Å². The molecule has 1 N–H and O–H groups in total. The van der Waals surface area contributed by atoms with Crippen LogP contribution in [0.5, 0.6) is 0 Å². The molecule has 0 aliphatic carbocycles. The Morgan fingerprint density at radius 2 is 2.05 bits per heavy atom. The fourth-order valence-corrected chi connectivity index (χ4v) is 1.83. The van der Waals surface area contributed by atoms with Crippen LogP contribution in [0.3, 0.4) is 0 Å². The zero-order chi connectivity index (χ0) is 14.3. The normalized spacial score (nSPS) is 13.7. The van der Waals surface area contributed by atoms with Gasteiger partial charge in [-0.15, -0.1) is 0 Å². The van der Waals surface area contributed by atoms with E-state index in [4.69, 9.17) is 4.42 Å². The average Bonchev–Trinajstić information content (AvgIpc) is 2.75. The second kappa shape index (κ2) is 7.68. The summed E-state index contributed by atoms with van der Waals surface area (Å²) in [6.45, 7) is 13.4. The Balaban J connectivity index is 2.32. The molecule has 3 nitrogen and oxygen atoms in total. The van der Waals surface area contributed by atoms with Crippen LogP contribution in [0.25, 0.3) is 0 Å². The summed E-state index contributed by atoms with van der Waals surface area (Å²) in [6, 6.07) is 0.